The number of nitrogens with two attached hydrogens (primary N) is 2. The normalized spacial score (nSPS) is 30.7. The number of oxime groups is 1. The number of nitrogens with zero attached hydrogens (tertiary/aromatic N) is 3. The fraction of sp³-hybridized carbons (Fsp3) is 0.600. The lowest BCUT2D eigenvalue weighted by atomic mass is 10.1. The summed E-state index contributed by atoms with van der Waals surface area (Å²) < 4.78 is 6.64. The van der Waals surface area contributed by atoms with Crippen LogP contribution in [0.5, 0.6) is 0 Å². The summed E-state index contributed by atoms with van der Waals surface area (Å²) in [6, 6.07) is 0. The maximum absolute atomic E-state index is 9.91. The molecule has 0 aromatic carbocycles. The van der Waals surface area contributed by atoms with Crippen LogP contribution in [0.1, 0.15) is 11.9 Å². The number of nitrogen functional groups attached to an aromatic ring is 1. The summed E-state index contributed by atoms with van der Waals surface area (Å²) in [5, 5.41) is 32.2. The topological polar surface area (TPSA) is 161 Å². The van der Waals surface area contributed by atoms with E-state index in [-0.39, 0.29) is 17.3 Å². The van der Waals surface area contributed by atoms with Crippen molar-refractivity contribution in [1.82, 2.24) is 9.55 Å². The van der Waals surface area contributed by atoms with Crippen LogP contribution in [0, 0.1) is 0 Å². The highest BCUT2D eigenvalue weighted by atomic mass is 16.6. The Morgan fingerprint density at radius 2 is 2.25 bits per heavy atom. The fourth-order valence-electron chi connectivity index (χ4n) is 2.02. The molecule has 0 bridgehead atoms. The number of ether oxygens (including phenoxy) is 1. The van der Waals surface area contributed by atoms with Gasteiger partial charge in [0.15, 0.2) is 17.8 Å². The highest BCUT2D eigenvalue weighted by Crippen LogP contribution is 2.31. The molecule has 1 aliphatic rings. The van der Waals surface area contributed by atoms with E-state index in [1.807, 2.05) is 0 Å². The Bertz CT molecular complexity index is 504. The van der Waals surface area contributed by atoms with Crippen molar-refractivity contribution in [1.29, 1.82) is 0 Å². The monoisotopic (exact) mass is 287 g/mol. The van der Waals surface area contributed by atoms with E-state index in [9.17, 15) is 10.2 Å². The zero-order valence-electron chi connectivity index (χ0n) is 10.7. The third-order valence-electron chi connectivity index (χ3n) is 3.06. The van der Waals surface area contributed by atoms with Gasteiger partial charge < -0.3 is 36.4 Å². The minimum atomic E-state index is -1.25. The summed E-state index contributed by atoms with van der Waals surface area (Å²) in [6.07, 6.45) is -3.05. The van der Waals surface area contributed by atoms with E-state index in [1.165, 1.54) is 18.0 Å². The van der Waals surface area contributed by atoms with Gasteiger partial charge in [0.05, 0.1) is 12.9 Å². The van der Waals surface area contributed by atoms with Crippen LogP contribution in [-0.4, -0.2) is 62.7 Å². The maximum atomic E-state index is 9.91. The van der Waals surface area contributed by atoms with Crippen LogP contribution in [0.25, 0.3) is 0 Å². The minimum absolute atomic E-state index is 0.0320. The molecule has 0 unspecified atom stereocenters. The van der Waals surface area contributed by atoms with Gasteiger partial charge in [-0.2, -0.15) is 0 Å². The van der Waals surface area contributed by atoms with Gasteiger partial charge in [-0.15, -0.1) is 0 Å². The smallest absolute Gasteiger partial charge is 0.192 e. The van der Waals surface area contributed by atoms with Crippen LogP contribution in [0.15, 0.2) is 11.5 Å². The Balaban J connectivity index is 2.29. The average molecular weight is 287 g/mol. The Hall–Kier alpha value is -1.88. The van der Waals surface area contributed by atoms with Gasteiger partial charge in [0.2, 0.25) is 0 Å². The van der Waals surface area contributed by atoms with E-state index in [4.69, 9.17) is 21.3 Å². The zero-order chi connectivity index (χ0) is 14.9. The van der Waals surface area contributed by atoms with Crippen molar-refractivity contribution >= 4 is 11.7 Å². The van der Waals surface area contributed by atoms with Gasteiger partial charge in [0.25, 0.3) is 0 Å². The van der Waals surface area contributed by atoms with Gasteiger partial charge in [-0.05, 0) is 0 Å². The molecular weight excluding hydrogens is 270 g/mol. The quantitative estimate of drug-likeness (QED) is 0.228. The lowest BCUT2D eigenvalue weighted by molar-refractivity contribution is -0.0518. The van der Waals surface area contributed by atoms with Crippen molar-refractivity contribution in [3.05, 3.63) is 12.0 Å². The number of aromatic nitrogens is 2. The molecule has 10 nitrogen and oxygen atoms in total. The summed E-state index contributed by atoms with van der Waals surface area (Å²) in [7, 11) is 1.33. The lowest BCUT2D eigenvalue weighted by Gasteiger charge is -2.17. The van der Waals surface area contributed by atoms with Gasteiger partial charge >= 0.3 is 0 Å². The fourth-order valence-corrected chi connectivity index (χ4v) is 2.02. The molecule has 1 aromatic rings. The predicted octanol–water partition coefficient (Wildman–Crippen LogP) is -2.66. The van der Waals surface area contributed by atoms with E-state index in [1.54, 1.807) is 0 Å². The molecule has 1 fully saturated rings. The average Bonchev–Trinajstić information content (AvgIpc) is 2.93. The predicted molar refractivity (Wildman–Crippen MR) is 67.4 cm³/mol. The van der Waals surface area contributed by atoms with Gasteiger partial charge in [-0.3, -0.25) is 4.57 Å². The molecule has 1 saturated heterocycles. The Morgan fingerprint density at radius 1 is 1.55 bits per heavy atom. The first kappa shape index (κ1) is 14.5. The van der Waals surface area contributed by atoms with Crippen LogP contribution in [0.3, 0.4) is 0 Å². The van der Waals surface area contributed by atoms with E-state index in [0.29, 0.717) is 0 Å². The van der Waals surface area contributed by atoms with Gasteiger partial charge in [0.1, 0.15) is 31.2 Å². The molecule has 10 heteroatoms. The first-order valence-electron chi connectivity index (χ1n) is 5.83. The standard InChI is InChI=1S/C10H17N5O5/c1-19-14-8(11)5-9(12)15(3-13-5)10-7(18)6(17)4(2-16)20-10/h3-4,6-7,10,16-18H,2,12H2,1H3,(H2,11,14)/t4-,6-,7-,10-/m1/s1. The molecule has 1 aliphatic heterocycles. The number of aliphatic hydroxyl groups is 3. The van der Waals surface area contributed by atoms with Crippen molar-refractivity contribution in [2.45, 2.75) is 24.5 Å². The Morgan fingerprint density at radius 3 is 2.80 bits per heavy atom. The molecule has 0 amide bonds. The number of hydrogen-bond acceptors (Lipinski definition) is 8. The van der Waals surface area contributed by atoms with Crippen molar-refractivity contribution < 1.29 is 24.9 Å². The van der Waals surface area contributed by atoms with Crippen LogP contribution >= 0.6 is 0 Å². The highest BCUT2D eigenvalue weighted by molar-refractivity contribution is 5.99. The molecule has 1 aromatic heterocycles. The van der Waals surface area contributed by atoms with Crippen LogP contribution < -0.4 is 11.5 Å². The van der Waals surface area contributed by atoms with Crippen molar-refractivity contribution in [3.63, 3.8) is 0 Å². The Labute approximate surface area is 114 Å². The van der Waals surface area contributed by atoms with Crippen molar-refractivity contribution in [3.8, 4) is 0 Å². The number of aliphatic hydroxyl groups excluding tert-OH is 3. The van der Waals surface area contributed by atoms with Crippen molar-refractivity contribution in [2.75, 3.05) is 19.5 Å². The zero-order valence-corrected chi connectivity index (χ0v) is 10.7. The van der Waals surface area contributed by atoms with Crippen molar-refractivity contribution in [2.24, 2.45) is 10.9 Å². The number of rotatable bonds is 4. The van der Waals surface area contributed by atoms with Gasteiger partial charge in [0, 0.05) is 0 Å². The van der Waals surface area contributed by atoms with E-state index in [2.05, 4.69) is 15.0 Å². The van der Waals surface area contributed by atoms with E-state index < -0.39 is 31.1 Å². The highest BCUT2D eigenvalue weighted by Gasteiger charge is 2.44. The molecular formula is C10H17N5O5. The molecule has 2 heterocycles. The summed E-state index contributed by atoms with van der Waals surface area (Å²) in [6.45, 7) is -0.427. The first-order chi connectivity index (χ1) is 9.51. The molecule has 2 rings (SSSR count). The van der Waals surface area contributed by atoms with E-state index >= 15 is 0 Å². The number of imidazole rings is 1. The van der Waals surface area contributed by atoms with E-state index in [0.717, 1.165) is 0 Å². The maximum Gasteiger partial charge on any atom is 0.192 e. The van der Waals surface area contributed by atoms with Crippen LogP contribution in [-0.2, 0) is 9.57 Å². The summed E-state index contributed by atoms with van der Waals surface area (Å²) in [5.41, 5.74) is 11.6. The second-order valence-corrected chi connectivity index (χ2v) is 4.27. The molecule has 4 atom stereocenters. The molecule has 0 saturated carbocycles. The summed E-state index contributed by atoms with van der Waals surface area (Å²) in [4.78, 5) is 8.48. The third-order valence-corrected chi connectivity index (χ3v) is 3.06. The molecule has 112 valence electrons. The second kappa shape index (κ2) is 5.63. The molecule has 0 aliphatic carbocycles. The molecule has 0 radical (unpaired) electrons. The van der Waals surface area contributed by atoms with Crippen LogP contribution in [0.2, 0.25) is 0 Å². The summed E-state index contributed by atoms with van der Waals surface area (Å²) in [5.74, 6) is 0.0635. The lowest BCUT2D eigenvalue weighted by Crippen LogP contribution is -2.33. The number of anilines is 1. The van der Waals surface area contributed by atoms with Gasteiger partial charge in [-0.25, -0.2) is 4.98 Å². The van der Waals surface area contributed by atoms with Crippen LogP contribution in [0.4, 0.5) is 5.82 Å². The summed E-state index contributed by atoms with van der Waals surface area (Å²) >= 11 is 0. The first-order valence-corrected chi connectivity index (χ1v) is 5.83. The number of hydrogen-bond donors (Lipinski definition) is 5. The molecule has 0 spiro atoms. The third kappa shape index (κ3) is 2.29. The molecule has 7 N–H and O–H groups in total. The largest absolute Gasteiger partial charge is 0.397 e. The second-order valence-electron chi connectivity index (χ2n) is 4.27. The molecule has 20 heavy (non-hydrogen) atoms. The minimum Gasteiger partial charge on any atom is -0.397 e. The Kier molecular flexibility index (Phi) is 4.09. The number of amidine groups is 1. The van der Waals surface area contributed by atoms with Gasteiger partial charge in [-0.1, -0.05) is 5.16 Å². The SMILES string of the molecule is CON=C(N)c1ncn([C@@H]2O[C@H](CO)[C@@H](O)[C@H]2O)c1N.